The summed E-state index contributed by atoms with van der Waals surface area (Å²) in [6, 6.07) is 11.5. The summed E-state index contributed by atoms with van der Waals surface area (Å²) in [5, 5.41) is 5.36. The molecule has 0 atom stereocenters. The van der Waals surface area contributed by atoms with Gasteiger partial charge < -0.3 is 15.5 Å². The van der Waals surface area contributed by atoms with Crippen LogP contribution in [0.3, 0.4) is 0 Å². The van der Waals surface area contributed by atoms with E-state index in [1.54, 1.807) is 6.07 Å². The summed E-state index contributed by atoms with van der Waals surface area (Å²) < 4.78 is 0. The van der Waals surface area contributed by atoms with Gasteiger partial charge in [-0.25, -0.2) is 0 Å². The largest absolute Gasteiger partial charge is 0.372 e. The van der Waals surface area contributed by atoms with Crippen molar-refractivity contribution in [3.8, 4) is 0 Å². The molecule has 0 saturated heterocycles. The Bertz CT molecular complexity index is 811. The first kappa shape index (κ1) is 19.5. The number of rotatable bonds is 5. The summed E-state index contributed by atoms with van der Waals surface area (Å²) in [5.74, 6) is -1.35. The number of anilines is 3. The fraction of sp³-hybridized carbons (Fsp3) is 0.333. The molecule has 5 heteroatoms. The first-order valence-electron chi connectivity index (χ1n) is 8.90. The van der Waals surface area contributed by atoms with Gasteiger partial charge in [0.25, 0.3) is 0 Å². The maximum absolute atomic E-state index is 12.2. The number of hydrogen-bond donors (Lipinski definition) is 2. The Morgan fingerprint density at radius 3 is 1.77 bits per heavy atom. The van der Waals surface area contributed by atoms with Crippen molar-refractivity contribution in [2.24, 2.45) is 0 Å². The Kier molecular flexibility index (Phi) is 6.39. The number of nitrogens with zero attached hydrogens (tertiary/aromatic N) is 1. The average molecular weight is 353 g/mol. The number of nitrogens with one attached hydrogen (secondary N) is 2. The molecular formula is C21H27N3O2. The molecule has 0 radical (unpaired) electrons. The van der Waals surface area contributed by atoms with Gasteiger partial charge in [-0.05, 0) is 70.0 Å². The number of benzene rings is 2. The number of carbonyl (C=O) groups is 2. The zero-order valence-corrected chi connectivity index (χ0v) is 16.1. The molecule has 26 heavy (non-hydrogen) atoms. The van der Waals surface area contributed by atoms with Crippen LogP contribution in [0.4, 0.5) is 17.1 Å². The highest BCUT2D eigenvalue weighted by atomic mass is 16.2. The molecule has 0 saturated carbocycles. The number of hydrogen-bond acceptors (Lipinski definition) is 3. The van der Waals surface area contributed by atoms with Gasteiger partial charge in [0.15, 0.2) is 0 Å². The molecule has 0 aliphatic carbocycles. The minimum absolute atomic E-state index is 0.640. The fourth-order valence-electron chi connectivity index (χ4n) is 2.89. The Hall–Kier alpha value is -2.82. The van der Waals surface area contributed by atoms with E-state index in [4.69, 9.17) is 0 Å². The van der Waals surface area contributed by atoms with E-state index in [-0.39, 0.29) is 0 Å². The van der Waals surface area contributed by atoms with Gasteiger partial charge in [0.2, 0.25) is 0 Å². The van der Waals surface area contributed by atoms with Gasteiger partial charge >= 0.3 is 11.8 Å². The molecule has 0 unspecified atom stereocenters. The lowest BCUT2D eigenvalue weighted by Gasteiger charge is -2.22. The highest BCUT2D eigenvalue weighted by molar-refractivity contribution is 6.43. The summed E-state index contributed by atoms with van der Waals surface area (Å²) in [6.45, 7) is 11.8. The third-order valence-electron chi connectivity index (χ3n) is 4.42. The lowest BCUT2D eigenvalue weighted by atomic mass is 10.1. The molecule has 2 aromatic carbocycles. The summed E-state index contributed by atoms with van der Waals surface area (Å²) >= 11 is 0. The monoisotopic (exact) mass is 353 g/mol. The average Bonchev–Trinajstić information content (AvgIpc) is 2.60. The minimum atomic E-state index is -0.677. The second kappa shape index (κ2) is 8.52. The smallest absolute Gasteiger partial charge is 0.314 e. The van der Waals surface area contributed by atoms with E-state index in [1.165, 1.54) is 0 Å². The molecule has 2 rings (SSSR count). The zero-order chi connectivity index (χ0) is 19.3. The van der Waals surface area contributed by atoms with Crippen LogP contribution in [0.25, 0.3) is 0 Å². The second-order valence-corrected chi connectivity index (χ2v) is 6.40. The molecule has 0 aromatic heterocycles. The molecule has 2 aromatic rings. The van der Waals surface area contributed by atoms with Gasteiger partial charge in [0.1, 0.15) is 0 Å². The summed E-state index contributed by atoms with van der Waals surface area (Å²) in [7, 11) is 0. The van der Waals surface area contributed by atoms with Crippen molar-refractivity contribution in [3.05, 3.63) is 53.1 Å². The quantitative estimate of drug-likeness (QED) is 0.798. The van der Waals surface area contributed by atoms with Gasteiger partial charge in [0, 0.05) is 30.2 Å². The maximum atomic E-state index is 12.2. The molecule has 2 amide bonds. The number of aryl methyl sites for hydroxylation is 3. The van der Waals surface area contributed by atoms with E-state index in [1.807, 2.05) is 51.1 Å². The lowest BCUT2D eigenvalue weighted by molar-refractivity contribution is -0.133. The molecule has 0 bridgehead atoms. The summed E-state index contributed by atoms with van der Waals surface area (Å²) in [6.07, 6.45) is 0. The van der Waals surface area contributed by atoms with Crippen LogP contribution < -0.4 is 15.5 Å². The Labute approximate surface area is 155 Å². The second-order valence-electron chi connectivity index (χ2n) is 6.40. The summed E-state index contributed by atoms with van der Waals surface area (Å²) in [4.78, 5) is 26.7. The third-order valence-corrected chi connectivity index (χ3v) is 4.42. The van der Waals surface area contributed by atoms with Crippen LogP contribution in [-0.4, -0.2) is 24.9 Å². The van der Waals surface area contributed by atoms with Crippen molar-refractivity contribution in [1.82, 2.24) is 0 Å². The van der Waals surface area contributed by atoms with Crippen LogP contribution in [0, 0.1) is 20.8 Å². The molecule has 5 nitrogen and oxygen atoms in total. The fourth-order valence-corrected chi connectivity index (χ4v) is 2.89. The van der Waals surface area contributed by atoms with Gasteiger partial charge in [-0.15, -0.1) is 0 Å². The molecule has 138 valence electrons. The molecule has 0 aliphatic heterocycles. The highest BCUT2D eigenvalue weighted by Gasteiger charge is 2.16. The van der Waals surface area contributed by atoms with Crippen molar-refractivity contribution in [2.45, 2.75) is 34.6 Å². The van der Waals surface area contributed by atoms with Crippen molar-refractivity contribution >= 4 is 28.9 Å². The van der Waals surface area contributed by atoms with Gasteiger partial charge in [-0.3, -0.25) is 9.59 Å². The topological polar surface area (TPSA) is 61.4 Å². The normalized spacial score (nSPS) is 10.3. The van der Waals surface area contributed by atoms with Gasteiger partial charge in [-0.1, -0.05) is 17.7 Å². The lowest BCUT2D eigenvalue weighted by Crippen LogP contribution is -2.29. The van der Waals surface area contributed by atoms with Gasteiger partial charge in [-0.2, -0.15) is 0 Å². The van der Waals surface area contributed by atoms with Crippen molar-refractivity contribution in [3.63, 3.8) is 0 Å². The van der Waals surface area contributed by atoms with Crippen LogP contribution in [-0.2, 0) is 9.59 Å². The number of carbonyl (C=O) groups excluding carboxylic acids is 2. The van der Waals surface area contributed by atoms with Crippen molar-refractivity contribution in [2.75, 3.05) is 28.6 Å². The van der Waals surface area contributed by atoms with Crippen LogP contribution >= 0.6 is 0 Å². The molecule has 0 aliphatic rings. The first-order valence-corrected chi connectivity index (χ1v) is 8.90. The highest BCUT2D eigenvalue weighted by Crippen LogP contribution is 2.23. The van der Waals surface area contributed by atoms with Crippen molar-refractivity contribution < 1.29 is 9.59 Å². The van der Waals surface area contributed by atoms with E-state index in [0.29, 0.717) is 11.4 Å². The van der Waals surface area contributed by atoms with E-state index in [0.717, 1.165) is 35.5 Å². The van der Waals surface area contributed by atoms with Crippen LogP contribution in [0.2, 0.25) is 0 Å². The standard InChI is InChI=1S/C21H27N3O2/c1-6-24(7-2)17-9-11-19(16(5)13-17)23-21(26)20(25)22-18-10-8-14(3)12-15(18)4/h8-13H,6-7H2,1-5H3,(H,22,25)(H,23,26). The molecular weight excluding hydrogens is 326 g/mol. The van der Waals surface area contributed by atoms with E-state index in [2.05, 4.69) is 29.4 Å². The van der Waals surface area contributed by atoms with E-state index < -0.39 is 11.8 Å². The van der Waals surface area contributed by atoms with Crippen LogP contribution in [0.15, 0.2) is 36.4 Å². The Morgan fingerprint density at radius 1 is 0.808 bits per heavy atom. The first-order chi connectivity index (χ1) is 12.3. The van der Waals surface area contributed by atoms with Crippen LogP contribution in [0.5, 0.6) is 0 Å². The zero-order valence-electron chi connectivity index (χ0n) is 16.1. The minimum Gasteiger partial charge on any atom is -0.372 e. The molecule has 2 N–H and O–H groups in total. The number of amides is 2. The predicted molar refractivity (Wildman–Crippen MR) is 108 cm³/mol. The third kappa shape index (κ3) is 4.63. The van der Waals surface area contributed by atoms with Crippen LogP contribution in [0.1, 0.15) is 30.5 Å². The molecule has 0 fully saturated rings. The summed E-state index contributed by atoms with van der Waals surface area (Å²) in [5.41, 5.74) is 5.33. The Morgan fingerprint density at radius 2 is 1.31 bits per heavy atom. The molecule has 0 heterocycles. The Balaban J connectivity index is 2.08. The predicted octanol–water partition coefficient (Wildman–Crippen LogP) is 4.04. The molecule has 0 spiro atoms. The van der Waals surface area contributed by atoms with E-state index in [9.17, 15) is 9.59 Å². The van der Waals surface area contributed by atoms with E-state index >= 15 is 0 Å². The SMILES string of the molecule is CCN(CC)c1ccc(NC(=O)C(=O)Nc2ccc(C)cc2C)c(C)c1. The maximum Gasteiger partial charge on any atom is 0.314 e. The van der Waals surface area contributed by atoms with Gasteiger partial charge in [0.05, 0.1) is 0 Å². The van der Waals surface area contributed by atoms with Crippen molar-refractivity contribution in [1.29, 1.82) is 0 Å².